The van der Waals surface area contributed by atoms with Gasteiger partial charge in [0.15, 0.2) is 5.78 Å². The van der Waals surface area contributed by atoms with Crippen LogP contribution in [0.4, 0.5) is 23.2 Å². The number of halogens is 4. The van der Waals surface area contributed by atoms with Crippen molar-refractivity contribution in [2.75, 3.05) is 24.5 Å². The van der Waals surface area contributed by atoms with Crippen molar-refractivity contribution in [1.29, 1.82) is 0 Å². The molecule has 140 valence electrons. The van der Waals surface area contributed by atoms with Crippen LogP contribution in [0.1, 0.15) is 29.6 Å². The lowest BCUT2D eigenvalue weighted by atomic mass is 9.92. The van der Waals surface area contributed by atoms with E-state index >= 15 is 0 Å². The van der Waals surface area contributed by atoms with Gasteiger partial charge >= 0.3 is 12.1 Å². The Hall–Kier alpha value is -2.45. The van der Waals surface area contributed by atoms with Crippen molar-refractivity contribution >= 4 is 23.3 Å². The zero-order chi connectivity index (χ0) is 19.1. The number of amides is 2. The Balaban J connectivity index is 1.71. The first-order valence-electron chi connectivity index (χ1n) is 8.18. The Kier molecular flexibility index (Phi) is 4.72. The van der Waals surface area contributed by atoms with E-state index in [0.29, 0.717) is 10.6 Å². The summed E-state index contributed by atoms with van der Waals surface area (Å²) in [4.78, 5) is 38.1. The summed E-state index contributed by atoms with van der Waals surface area (Å²) >= 11 is 0. The minimum absolute atomic E-state index is 0.0631. The second kappa shape index (κ2) is 6.69. The van der Waals surface area contributed by atoms with E-state index in [0.717, 1.165) is 12.1 Å². The van der Waals surface area contributed by atoms with Crippen LogP contribution in [0.3, 0.4) is 0 Å². The van der Waals surface area contributed by atoms with Gasteiger partial charge in [-0.05, 0) is 31.0 Å². The number of hydrogen-bond acceptors (Lipinski definition) is 3. The largest absolute Gasteiger partial charge is 0.471 e. The molecule has 0 spiro atoms. The van der Waals surface area contributed by atoms with Gasteiger partial charge in [-0.1, -0.05) is 0 Å². The molecule has 0 aromatic heterocycles. The highest BCUT2D eigenvalue weighted by atomic mass is 19.4. The molecule has 1 aromatic carbocycles. The number of alkyl halides is 3. The number of benzene rings is 1. The molecule has 5 nitrogen and oxygen atoms in total. The number of likely N-dealkylation sites (tertiary alicyclic amines) is 1. The van der Waals surface area contributed by atoms with Crippen LogP contribution >= 0.6 is 0 Å². The number of Topliss-reactive ketones (excluding diaryl/α,β-unsaturated/α-hetero) is 1. The zero-order valence-electron chi connectivity index (χ0n) is 13.7. The zero-order valence-corrected chi connectivity index (χ0v) is 13.7. The topological polar surface area (TPSA) is 57.7 Å². The Morgan fingerprint density at radius 1 is 1.08 bits per heavy atom. The van der Waals surface area contributed by atoms with Gasteiger partial charge in [-0.15, -0.1) is 0 Å². The van der Waals surface area contributed by atoms with Crippen LogP contribution < -0.4 is 4.90 Å². The second-order valence-electron chi connectivity index (χ2n) is 6.39. The third-order valence-electron chi connectivity index (χ3n) is 4.75. The van der Waals surface area contributed by atoms with Gasteiger partial charge in [-0.25, -0.2) is 4.39 Å². The third kappa shape index (κ3) is 3.42. The van der Waals surface area contributed by atoms with E-state index in [1.807, 2.05) is 0 Å². The van der Waals surface area contributed by atoms with E-state index in [-0.39, 0.29) is 56.2 Å². The third-order valence-corrected chi connectivity index (χ3v) is 4.75. The van der Waals surface area contributed by atoms with Crippen LogP contribution in [0.5, 0.6) is 0 Å². The number of hydrogen-bond donors (Lipinski definition) is 0. The molecule has 2 aliphatic heterocycles. The molecule has 0 saturated carbocycles. The van der Waals surface area contributed by atoms with E-state index in [9.17, 15) is 31.9 Å². The Bertz CT molecular complexity index is 755. The highest BCUT2D eigenvalue weighted by Crippen LogP contribution is 2.31. The second-order valence-corrected chi connectivity index (χ2v) is 6.39. The first-order valence-corrected chi connectivity index (χ1v) is 8.18. The fourth-order valence-electron chi connectivity index (χ4n) is 3.39. The predicted molar refractivity (Wildman–Crippen MR) is 83.1 cm³/mol. The highest BCUT2D eigenvalue weighted by Gasteiger charge is 2.44. The number of nitrogens with zero attached hydrogens (tertiary/aromatic N) is 2. The quantitative estimate of drug-likeness (QED) is 0.712. The smallest absolute Gasteiger partial charge is 0.335 e. The average Bonchev–Trinajstić information content (AvgIpc) is 2.60. The molecule has 26 heavy (non-hydrogen) atoms. The Morgan fingerprint density at radius 2 is 1.73 bits per heavy atom. The number of rotatable bonds is 1. The SMILES string of the molecule is O=C1CCN(C(=O)C2CCN(C(=O)C(F)(F)F)CC2)c2ccc(F)cc21. The van der Waals surface area contributed by atoms with Crippen LogP contribution in [0.25, 0.3) is 0 Å². The first kappa shape index (κ1) is 18.3. The minimum Gasteiger partial charge on any atom is -0.335 e. The molecule has 0 bridgehead atoms. The van der Waals surface area contributed by atoms with Crippen LogP contribution in [-0.2, 0) is 9.59 Å². The van der Waals surface area contributed by atoms with Crippen molar-refractivity contribution in [3.63, 3.8) is 0 Å². The van der Waals surface area contributed by atoms with Crippen molar-refractivity contribution in [1.82, 2.24) is 4.90 Å². The van der Waals surface area contributed by atoms with Gasteiger partial charge < -0.3 is 9.80 Å². The van der Waals surface area contributed by atoms with Crippen molar-refractivity contribution in [3.8, 4) is 0 Å². The Morgan fingerprint density at radius 3 is 2.35 bits per heavy atom. The summed E-state index contributed by atoms with van der Waals surface area (Å²) in [6, 6.07) is 3.60. The van der Waals surface area contributed by atoms with Crippen molar-refractivity contribution in [2.45, 2.75) is 25.4 Å². The number of fused-ring (bicyclic) bond motifs is 1. The van der Waals surface area contributed by atoms with Crippen molar-refractivity contribution < 1.29 is 31.9 Å². The number of piperidine rings is 1. The molecule has 0 N–H and O–H groups in total. The molecule has 2 heterocycles. The fourth-order valence-corrected chi connectivity index (χ4v) is 3.39. The van der Waals surface area contributed by atoms with Gasteiger partial charge in [0.05, 0.1) is 5.69 Å². The standard InChI is InChI=1S/C17H16F4N2O3/c18-11-1-2-13-12(9-11)14(24)5-8-23(13)15(25)10-3-6-22(7-4-10)16(26)17(19,20)21/h1-2,9-10H,3-8H2. The van der Waals surface area contributed by atoms with Crippen LogP contribution in [-0.4, -0.2) is 48.3 Å². The summed E-state index contributed by atoms with van der Waals surface area (Å²) < 4.78 is 50.8. The van der Waals surface area contributed by atoms with E-state index in [1.165, 1.54) is 11.0 Å². The first-order chi connectivity index (χ1) is 12.2. The molecule has 1 saturated heterocycles. The summed E-state index contributed by atoms with van der Waals surface area (Å²) in [7, 11) is 0. The van der Waals surface area contributed by atoms with Gasteiger partial charge in [0.2, 0.25) is 5.91 Å². The van der Waals surface area contributed by atoms with Gasteiger partial charge in [0.25, 0.3) is 0 Å². The average molecular weight is 372 g/mol. The molecule has 2 aliphatic rings. The maximum Gasteiger partial charge on any atom is 0.471 e. The molecule has 1 aromatic rings. The van der Waals surface area contributed by atoms with E-state index in [2.05, 4.69) is 0 Å². The monoisotopic (exact) mass is 372 g/mol. The van der Waals surface area contributed by atoms with Gasteiger partial charge in [0.1, 0.15) is 5.82 Å². The van der Waals surface area contributed by atoms with Crippen LogP contribution in [0.2, 0.25) is 0 Å². The molecule has 1 fully saturated rings. The van der Waals surface area contributed by atoms with E-state index < -0.39 is 23.8 Å². The maximum atomic E-state index is 13.4. The van der Waals surface area contributed by atoms with E-state index in [1.54, 1.807) is 0 Å². The molecule has 0 aliphatic carbocycles. The minimum atomic E-state index is -4.92. The number of ketones is 1. The predicted octanol–water partition coefficient (Wildman–Crippen LogP) is 2.55. The summed E-state index contributed by atoms with van der Waals surface area (Å²) in [5.74, 6) is -3.59. The molecule has 0 unspecified atom stereocenters. The lowest BCUT2D eigenvalue weighted by molar-refractivity contribution is -0.186. The van der Waals surface area contributed by atoms with Gasteiger partial charge in [0, 0.05) is 37.5 Å². The lowest BCUT2D eigenvalue weighted by Gasteiger charge is -2.36. The number of carbonyl (C=O) groups is 3. The highest BCUT2D eigenvalue weighted by molar-refractivity contribution is 6.09. The van der Waals surface area contributed by atoms with Gasteiger partial charge in [-0.2, -0.15) is 13.2 Å². The maximum absolute atomic E-state index is 13.4. The molecule has 0 atom stereocenters. The molecule has 2 amide bonds. The summed E-state index contributed by atoms with van der Waals surface area (Å²) in [5.41, 5.74) is 0.454. The van der Waals surface area contributed by atoms with Crippen LogP contribution in [0.15, 0.2) is 18.2 Å². The number of anilines is 1. The molecular formula is C17H16F4N2O3. The van der Waals surface area contributed by atoms with Crippen molar-refractivity contribution in [3.05, 3.63) is 29.6 Å². The van der Waals surface area contributed by atoms with Gasteiger partial charge in [-0.3, -0.25) is 14.4 Å². The number of carbonyl (C=O) groups excluding carboxylic acids is 3. The lowest BCUT2D eigenvalue weighted by Crippen LogP contribution is -2.49. The summed E-state index contributed by atoms with van der Waals surface area (Å²) in [5, 5.41) is 0. The van der Waals surface area contributed by atoms with E-state index in [4.69, 9.17) is 0 Å². The molecule has 9 heteroatoms. The molecule has 0 radical (unpaired) electrons. The van der Waals surface area contributed by atoms with Crippen LogP contribution in [0, 0.1) is 11.7 Å². The normalized spacial score (nSPS) is 18.7. The molecular weight excluding hydrogens is 356 g/mol. The van der Waals surface area contributed by atoms with Crippen molar-refractivity contribution in [2.24, 2.45) is 5.92 Å². The molecule has 3 rings (SSSR count). The summed E-state index contributed by atoms with van der Waals surface area (Å²) in [6.07, 6.45) is -4.63. The fraction of sp³-hybridized carbons (Fsp3) is 0.471. The summed E-state index contributed by atoms with van der Waals surface area (Å²) in [6.45, 7) is -0.159. The Labute approximate surface area is 146 Å².